The molecular formula is C16H28N4. The van der Waals surface area contributed by atoms with E-state index < -0.39 is 0 Å². The van der Waals surface area contributed by atoms with Crippen LogP contribution in [0.2, 0.25) is 0 Å². The van der Waals surface area contributed by atoms with Crippen molar-refractivity contribution < 1.29 is 0 Å². The lowest BCUT2D eigenvalue weighted by Gasteiger charge is -2.35. The van der Waals surface area contributed by atoms with Crippen molar-refractivity contribution in [1.82, 2.24) is 19.8 Å². The fourth-order valence-corrected chi connectivity index (χ4v) is 3.89. The number of imidazole rings is 1. The summed E-state index contributed by atoms with van der Waals surface area (Å²) in [4.78, 5) is 7.02. The topological polar surface area (TPSA) is 33.1 Å². The molecule has 0 amide bonds. The minimum atomic E-state index is 0.411. The predicted molar refractivity (Wildman–Crippen MR) is 81.8 cm³/mol. The standard InChI is InChI=1S/C16H28N4/c1-14-5-8-18-16(6-3-4-7-16)13-20(14)12-11-19-10-9-17-15(19)2/h9-10,14,18H,3-8,11-13H2,1-2H3. The van der Waals surface area contributed by atoms with Crippen LogP contribution in [0.15, 0.2) is 12.4 Å². The molecule has 20 heavy (non-hydrogen) atoms. The van der Waals surface area contributed by atoms with Gasteiger partial charge in [-0.05, 0) is 39.7 Å². The van der Waals surface area contributed by atoms with Crippen LogP contribution in [0.5, 0.6) is 0 Å². The third-order valence-corrected chi connectivity index (χ3v) is 5.30. The average molecular weight is 276 g/mol. The van der Waals surface area contributed by atoms with Crippen molar-refractivity contribution in [2.45, 2.75) is 64.1 Å². The van der Waals surface area contributed by atoms with Crippen molar-refractivity contribution >= 4 is 0 Å². The monoisotopic (exact) mass is 276 g/mol. The van der Waals surface area contributed by atoms with Crippen molar-refractivity contribution in [1.29, 1.82) is 0 Å². The van der Waals surface area contributed by atoms with Crippen LogP contribution >= 0.6 is 0 Å². The average Bonchev–Trinajstić information content (AvgIpc) is 3.00. The molecule has 0 bridgehead atoms. The van der Waals surface area contributed by atoms with Gasteiger partial charge in [0.15, 0.2) is 0 Å². The number of hydrogen-bond acceptors (Lipinski definition) is 3. The summed E-state index contributed by atoms with van der Waals surface area (Å²) < 4.78 is 2.27. The van der Waals surface area contributed by atoms with Gasteiger partial charge in [0, 0.05) is 43.6 Å². The maximum atomic E-state index is 4.32. The molecule has 1 N–H and O–H groups in total. The lowest BCUT2D eigenvalue weighted by atomic mass is 9.97. The van der Waals surface area contributed by atoms with Gasteiger partial charge in [0.1, 0.15) is 5.82 Å². The minimum absolute atomic E-state index is 0.411. The van der Waals surface area contributed by atoms with Crippen molar-refractivity contribution in [2.24, 2.45) is 0 Å². The highest BCUT2D eigenvalue weighted by Crippen LogP contribution is 2.32. The highest BCUT2D eigenvalue weighted by Gasteiger charge is 2.37. The fraction of sp³-hybridized carbons (Fsp3) is 0.812. The molecule has 112 valence electrons. The summed E-state index contributed by atoms with van der Waals surface area (Å²) in [5.41, 5.74) is 0.411. The Morgan fingerprint density at radius 3 is 2.85 bits per heavy atom. The maximum absolute atomic E-state index is 4.32. The SMILES string of the molecule is Cc1nccn1CCN1CC2(CCCC2)NCCC1C. The highest BCUT2D eigenvalue weighted by molar-refractivity contribution is 4.98. The molecule has 4 heteroatoms. The normalized spacial score (nSPS) is 27.0. The van der Waals surface area contributed by atoms with E-state index in [9.17, 15) is 0 Å². The minimum Gasteiger partial charge on any atom is -0.334 e. The molecule has 2 fully saturated rings. The predicted octanol–water partition coefficient (Wildman–Crippen LogP) is 2.19. The van der Waals surface area contributed by atoms with E-state index in [2.05, 4.69) is 39.8 Å². The lowest BCUT2D eigenvalue weighted by Crippen LogP contribution is -2.50. The van der Waals surface area contributed by atoms with E-state index in [0.29, 0.717) is 11.6 Å². The first kappa shape index (κ1) is 14.1. The molecule has 2 heterocycles. The van der Waals surface area contributed by atoms with Crippen molar-refractivity contribution in [3.63, 3.8) is 0 Å². The van der Waals surface area contributed by atoms with Crippen molar-refractivity contribution in [3.05, 3.63) is 18.2 Å². The van der Waals surface area contributed by atoms with Gasteiger partial charge < -0.3 is 9.88 Å². The Morgan fingerprint density at radius 1 is 1.35 bits per heavy atom. The van der Waals surface area contributed by atoms with E-state index in [-0.39, 0.29) is 0 Å². The molecule has 1 aromatic rings. The molecule has 2 aliphatic rings. The van der Waals surface area contributed by atoms with Crippen LogP contribution in [-0.2, 0) is 6.54 Å². The summed E-state index contributed by atoms with van der Waals surface area (Å²) in [5.74, 6) is 1.13. The van der Waals surface area contributed by atoms with Crippen molar-refractivity contribution in [3.8, 4) is 0 Å². The molecule has 1 spiro atoms. The Hall–Kier alpha value is -0.870. The molecule has 0 radical (unpaired) electrons. The van der Waals surface area contributed by atoms with E-state index in [1.54, 1.807) is 0 Å². The maximum Gasteiger partial charge on any atom is 0.105 e. The summed E-state index contributed by atoms with van der Waals surface area (Å²) in [5, 5.41) is 3.86. The number of nitrogens with zero attached hydrogens (tertiary/aromatic N) is 3. The van der Waals surface area contributed by atoms with Gasteiger partial charge in [-0.25, -0.2) is 4.98 Å². The van der Waals surface area contributed by atoms with Crippen LogP contribution in [0.3, 0.4) is 0 Å². The molecule has 4 nitrogen and oxygen atoms in total. The van der Waals surface area contributed by atoms with Gasteiger partial charge in [0.05, 0.1) is 0 Å². The zero-order valence-electron chi connectivity index (χ0n) is 12.9. The Balaban J connectivity index is 1.64. The number of aryl methyl sites for hydroxylation is 1. The summed E-state index contributed by atoms with van der Waals surface area (Å²) in [6, 6.07) is 0.686. The van der Waals surface area contributed by atoms with Gasteiger partial charge in [0.2, 0.25) is 0 Å². The van der Waals surface area contributed by atoms with E-state index in [0.717, 1.165) is 18.9 Å². The zero-order chi connectivity index (χ0) is 14.0. The molecule has 1 saturated carbocycles. The first-order valence-corrected chi connectivity index (χ1v) is 8.15. The van der Waals surface area contributed by atoms with E-state index >= 15 is 0 Å². The van der Waals surface area contributed by atoms with E-state index in [1.807, 2.05) is 6.20 Å². The summed E-state index contributed by atoms with van der Waals surface area (Å²) in [6.07, 6.45) is 10.8. The summed E-state index contributed by atoms with van der Waals surface area (Å²) >= 11 is 0. The number of hydrogen-bond donors (Lipinski definition) is 1. The van der Waals surface area contributed by atoms with E-state index in [4.69, 9.17) is 0 Å². The van der Waals surface area contributed by atoms with E-state index in [1.165, 1.54) is 45.2 Å². The molecule has 0 aromatic carbocycles. The molecule has 1 aliphatic heterocycles. The first-order valence-electron chi connectivity index (χ1n) is 8.15. The smallest absolute Gasteiger partial charge is 0.105 e. The van der Waals surface area contributed by atoms with Crippen LogP contribution in [0.4, 0.5) is 0 Å². The number of nitrogens with one attached hydrogen (secondary N) is 1. The fourth-order valence-electron chi connectivity index (χ4n) is 3.89. The number of rotatable bonds is 3. The van der Waals surface area contributed by atoms with Gasteiger partial charge in [-0.1, -0.05) is 12.8 Å². The van der Waals surface area contributed by atoms with Gasteiger partial charge in [-0.15, -0.1) is 0 Å². The van der Waals surface area contributed by atoms with Crippen LogP contribution in [0, 0.1) is 6.92 Å². The molecular weight excluding hydrogens is 248 g/mol. The van der Waals surface area contributed by atoms with Crippen LogP contribution in [0.25, 0.3) is 0 Å². The Morgan fingerprint density at radius 2 is 2.15 bits per heavy atom. The van der Waals surface area contributed by atoms with Crippen molar-refractivity contribution in [2.75, 3.05) is 19.6 Å². The Bertz CT molecular complexity index is 433. The number of aromatic nitrogens is 2. The molecule has 1 aliphatic carbocycles. The second kappa shape index (κ2) is 5.86. The molecule has 3 rings (SSSR count). The van der Waals surface area contributed by atoms with Gasteiger partial charge in [-0.3, -0.25) is 4.90 Å². The largest absolute Gasteiger partial charge is 0.334 e. The summed E-state index contributed by atoms with van der Waals surface area (Å²) in [6.45, 7) is 9.08. The first-order chi connectivity index (χ1) is 9.69. The zero-order valence-corrected chi connectivity index (χ0v) is 12.9. The third-order valence-electron chi connectivity index (χ3n) is 5.30. The molecule has 1 atom stereocenters. The second-order valence-corrected chi connectivity index (χ2v) is 6.69. The Kier molecular flexibility index (Phi) is 4.13. The molecule has 1 saturated heterocycles. The van der Waals surface area contributed by atoms with Crippen LogP contribution in [-0.4, -0.2) is 45.7 Å². The van der Waals surface area contributed by atoms with Gasteiger partial charge in [-0.2, -0.15) is 0 Å². The van der Waals surface area contributed by atoms with Crippen LogP contribution in [0.1, 0.15) is 44.9 Å². The highest BCUT2D eigenvalue weighted by atomic mass is 15.2. The quantitative estimate of drug-likeness (QED) is 0.918. The van der Waals surface area contributed by atoms with Crippen LogP contribution < -0.4 is 5.32 Å². The second-order valence-electron chi connectivity index (χ2n) is 6.69. The Labute approximate surface area is 122 Å². The molecule has 1 aromatic heterocycles. The third kappa shape index (κ3) is 2.91. The van der Waals surface area contributed by atoms with Gasteiger partial charge >= 0.3 is 0 Å². The molecule has 1 unspecified atom stereocenters. The van der Waals surface area contributed by atoms with Gasteiger partial charge in [0.25, 0.3) is 0 Å². The lowest BCUT2D eigenvalue weighted by molar-refractivity contribution is 0.162. The summed E-state index contributed by atoms with van der Waals surface area (Å²) in [7, 11) is 0.